The summed E-state index contributed by atoms with van der Waals surface area (Å²) in [5, 5.41) is 3.28. The molecule has 0 amide bonds. The van der Waals surface area contributed by atoms with Crippen molar-refractivity contribution >= 4 is 10.8 Å². The lowest BCUT2D eigenvalue weighted by molar-refractivity contribution is 0.676. The van der Waals surface area contributed by atoms with Crippen LogP contribution in [0.4, 0.5) is 0 Å². The average Bonchev–Trinajstić information content (AvgIpc) is 2.15. The third-order valence-corrected chi connectivity index (χ3v) is 2.92. The predicted molar refractivity (Wildman–Crippen MR) is 61.8 cm³/mol. The van der Waals surface area contributed by atoms with Crippen LogP contribution in [0.1, 0.15) is 11.1 Å². The summed E-state index contributed by atoms with van der Waals surface area (Å²) in [5.74, 6) is 0.728. The van der Waals surface area contributed by atoms with E-state index < -0.39 is 10.8 Å². The summed E-state index contributed by atoms with van der Waals surface area (Å²) in [6, 6.07) is 8.31. The number of hydrogen-bond donors (Lipinski definition) is 1. The molecule has 2 nitrogen and oxygen atoms in total. The molecule has 0 aliphatic rings. The Hall–Kier alpha value is -0.670. The van der Waals surface area contributed by atoms with Gasteiger partial charge in [0, 0.05) is 35.9 Å². The van der Waals surface area contributed by atoms with Crippen LogP contribution in [-0.2, 0) is 17.3 Å². The predicted octanol–water partition coefficient (Wildman–Crippen LogP) is 1.46. The molecule has 0 saturated carbocycles. The maximum Gasteiger partial charge on any atom is 0.0357 e. The van der Waals surface area contributed by atoms with Gasteiger partial charge in [-0.1, -0.05) is 24.3 Å². The van der Waals surface area contributed by atoms with Gasteiger partial charge in [-0.05, 0) is 18.1 Å². The van der Waals surface area contributed by atoms with Crippen LogP contribution in [0.5, 0.6) is 0 Å². The van der Waals surface area contributed by atoms with Crippen LogP contribution in [0.25, 0.3) is 0 Å². The van der Waals surface area contributed by atoms with Crippen molar-refractivity contribution in [1.82, 2.24) is 5.32 Å². The second-order valence-corrected chi connectivity index (χ2v) is 4.94. The van der Waals surface area contributed by atoms with E-state index in [-0.39, 0.29) is 0 Å². The third-order valence-electron chi connectivity index (χ3n) is 2.14. The maximum absolute atomic E-state index is 10.8. The Morgan fingerprint density at radius 3 is 2.71 bits per heavy atom. The van der Waals surface area contributed by atoms with E-state index >= 15 is 0 Å². The van der Waals surface area contributed by atoms with Gasteiger partial charge in [0.05, 0.1) is 0 Å². The fourth-order valence-electron chi connectivity index (χ4n) is 1.25. The number of aryl methyl sites for hydroxylation is 1. The topological polar surface area (TPSA) is 29.1 Å². The van der Waals surface area contributed by atoms with E-state index in [4.69, 9.17) is 0 Å². The lowest BCUT2D eigenvalue weighted by atomic mass is 10.1. The van der Waals surface area contributed by atoms with Crippen molar-refractivity contribution < 1.29 is 4.21 Å². The van der Waals surface area contributed by atoms with Crippen LogP contribution in [-0.4, -0.2) is 22.8 Å². The number of rotatable bonds is 5. The van der Waals surface area contributed by atoms with Crippen molar-refractivity contribution in [3.8, 4) is 0 Å². The molecular formula is C11H17NOS. The summed E-state index contributed by atoms with van der Waals surface area (Å²) in [6.07, 6.45) is 1.73. The molecule has 1 N–H and O–H groups in total. The van der Waals surface area contributed by atoms with E-state index in [0.717, 1.165) is 18.8 Å². The highest BCUT2D eigenvalue weighted by Crippen LogP contribution is 2.05. The van der Waals surface area contributed by atoms with E-state index in [1.54, 1.807) is 6.26 Å². The minimum Gasteiger partial charge on any atom is -0.312 e. The lowest BCUT2D eigenvalue weighted by Crippen LogP contribution is -2.20. The summed E-state index contributed by atoms with van der Waals surface area (Å²) in [7, 11) is -0.691. The molecule has 0 saturated heterocycles. The van der Waals surface area contributed by atoms with E-state index in [2.05, 4.69) is 24.4 Å². The molecule has 1 aromatic carbocycles. The van der Waals surface area contributed by atoms with Gasteiger partial charge >= 0.3 is 0 Å². The van der Waals surface area contributed by atoms with Crippen LogP contribution in [0.15, 0.2) is 24.3 Å². The van der Waals surface area contributed by atoms with Gasteiger partial charge in [0.2, 0.25) is 0 Å². The van der Waals surface area contributed by atoms with Gasteiger partial charge in [0.1, 0.15) is 0 Å². The van der Waals surface area contributed by atoms with Crippen molar-refractivity contribution in [1.29, 1.82) is 0 Å². The molecule has 1 rings (SSSR count). The zero-order valence-corrected chi connectivity index (χ0v) is 9.56. The summed E-state index contributed by atoms with van der Waals surface area (Å²) >= 11 is 0. The first kappa shape index (κ1) is 11.4. The smallest absolute Gasteiger partial charge is 0.0357 e. The number of nitrogens with one attached hydrogen (secondary N) is 1. The van der Waals surface area contributed by atoms with Gasteiger partial charge in [-0.2, -0.15) is 0 Å². The fraction of sp³-hybridized carbons (Fsp3) is 0.455. The number of benzene rings is 1. The molecule has 78 valence electrons. The Morgan fingerprint density at radius 2 is 2.07 bits per heavy atom. The first-order chi connectivity index (χ1) is 6.70. The number of hydrogen-bond acceptors (Lipinski definition) is 2. The van der Waals surface area contributed by atoms with Gasteiger partial charge in [-0.25, -0.2) is 0 Å². The molecule has 3 heteroatoms. The lowest BCUT2D eigenvalue weighted by Gasteiger charge is -2.06. The second kappa shape index (κ2) is 5.94. The van der Waals surface area contributed by atoms with E-state index in [1.807, 2.05) is 12.1 Å². The average molecular weight is 211 g/mol. The monoisotopic (exact) mass is 211 g/mol. The second-order valence-electron chi connectivity index (χ2n) is 3.38. The van der Waals surface area contributed by atoms with Crippen molar-refractivity contribution in [2.24, 2.45) is 0 Å². The first-order valence-corrected chi connectivity index (χ1v) is 6.48. The van der Waals surface area contributed by atoms with Crippen molar-refractivity contribution in [3.63, 3.8) is 0 Å². The zero-order chi connectivity index (χ0) is 10.4. The van der Waals surface area contributed by atoms with Crippen LogP contribution >= 0.6 is 0 Å². The molecule has 0 radical (unpaired) electrons. The molecule has 1 aromatic rings. The molecule has 0 aliphatic heterocycles. The summed E-state index contributed by atoms with van der Waals surface area (Å²) in [6.45, 7) is 3.79. The minimum absolute atomic E-state index is 0.691. The van der Waals surface area contributed by atoms with Crippen LogP contribution in [0, 0.1) is 6.92 Å². The Kier molecular flexibility index (Phi) is 4.84. The largest absolute Gasteiger partial charge is 0.312 e. The molecule has 0 bridgehead atoms. The molecule has 0 aliphatic carbocycles. The van der Waals surface area contributed by atoms with Crippen molar-refractivity contribution in [3.05, 3.63) is 35.4 Å². The Balaban J connectivity index is 2.31. The Bertz CT molecular complexity index is 312. The SMILES string of the molecule is Cc1ccccc1CNCCS(C)=O. The van der Waals surface area contributed by atoms with Crippen LogP contribution < -0.4 is 5.32 Å². The standard InChI is InChI=1S/C11H17NOS/c1-10-5-3-4-6-11(10)9-12-7-8-14(2)13/h3-6,12H,7-9H2,1-2H3. The van der Waals surface area contributed by atoms with E-state index in [1.165, 1.54) is 11.1 Å². The van der Waals surface area contributed by atoms with Gasteiger partial charge in [0.25, 0.3) is 0 Å². The Labute approximate surface area is 88.2 Å². The van der Waals surface area contributed by atoms with E-state index in [9.17, 15) is 4.21 Å². The third kappa shape index (κ3) is 4.03. The molecule has 1 unspecified atom stereocenters. The summed E-state index contributed by atoms with van der Waals surface area (Å²) in [5.41, 5.74) is 2.62. The summed E-state index contributed by atoms with van der Waals surface area (Å²) < 4.78 is 10.8. The molecule has 0 fully saturated rings. The van der Waals surface area contributed by atoms with Crippen molar-refractivity contribution in [2.45, 2.75) is 13.5 Å². The van der Waals surface area contributed by atoms with Gasteiger partial charge in [0.15, 0.2) is 0 Å². The quantitative estimate of drug-likeness (QED) is 0.747. The van der Waals surface area contributed by atoms with Gasteiger partial charge < -0.3 is 5.32 Å². The fourth-order valence-corrected chi connectivity index (χ4v) is 1.68. The molecule has 0 spiro atoms. The maximum atomic E-state index is 10.8. The van der Waals surface area contributed by atoms with Crippen LogP contribution in [0.2, 0.25) is 0 Å². The van der Waals surface area contributed by atoms with Crippen molar-refractivity contribution in [2.75, 3.05) is 18.6 Å². The molecule has 1 atom stereocenters. The van der Waals surface area contributed by atoms with E-state index in [0.29, 0.717) is 0 Å². The highest BCUT2D eigenvalue weighted by atomic mass is 32.2. The summed E-state index contributed by atoms with van der Waals surface area (Å²) in [4.78, 5) is 0. The Morgan fingerprint density at radius 1 is 1.36 bits per heavy atom. The van der Waals surface area contributed by atoms with Gasteiger partial charge in [-0.3, -0.25) is 4.21 Å². The molecule has 0 aromatic heterocycles. The normalized spacial score (nSPS) is 12.7. The molecule has 14 heavy (non-hydrogen) atoms. The van der Waals surface area contributed by atoms with Gasteiger partial charge in [-0.15, -0.1) is 0 Å². The molecule has 0 heterocycles. The van der Waals surface area contributed by atoms with Crippen LogP contribution in [0.3, 0.4) is 0 Å². The molecular weight excluding hydrogens is 194 g/mol. The minimum atomic E-state index is -0.691. The first-order valence-electron chi connectivity index (χ1n) is 4.75. The highest BCUT2D eigenvalue weighted by molar-refractivity contribution is 7.84. The highest BCUT2D eigenvalue weighted by Gasteiger charge is 1.96. The zero-order valence-electron chi connectivity index (χ0n) is 8.75.